The van der Waals surface area contributed by atoms with Crippen LogP contribution in [-0.2, 0) is 0 Å². The van der Waals surface area contributed by atoms with E-state index in [1.165, 1.54) is 63.1 Å². The van der Waals surface area contributed by atoms with E-state index in [2.05, 4.69) is 66.1 Å². The molecule has 0 spiro atoms. The molecule has 0 aromatic heterocycles. The van der Waals surface area contributed by atoms with Crippen LogP contribution in [0.5, 0.6) is 11.5 Å². The number of fused-ring (bicyclic) bond motifs is 2. The molecule has 0 saturated carbocycles. The fourth-order valence-electron chi connectivity index (χ4n) is 5.50. The van der Waals surface area contributed by atoms with Gasteiger partial charge in [0.05, 0.1) is 0 Å². The first-order valence-electron chi connectivity index (χ1n) is 11.7. The van der Waals surface area contributed by atoms with Gasteiger partial charge in [0.1, 0.15) is 0 Å². The van der Waals surface area contributed by atoms with E-state index < -0.39 is 0 Å². The molecular weight excluding hydrogens is 372 g/mol. The Bertz CT molecular complexity index is 873. The van der Waals surface area contributed by atoms with Crippen LogP contribution < -0.4 is 14.4 Å². The highest BCUT2D eigenvalue weighted by atomic mass is 16.7. The molecule has 0 radical (unpaired) electrons. The number of likely N-dealkylation sites (tertiary alicyclic amines) is 1. The quantitative estimate of drug-likeness (QED) is 0.665. The summed E-state index contributed by atoms with van der Waals surface area (Å²) in [5.74, 6) is 3.15. The molecule has 1 atom stereocenters. The van der Waals surface area contributed by atoms with Crippen molar-refractivity contribution in [1.29, 1.82) is 0 Å². The predicted molar refractivity (Wildman–Crippen MR) is 122 cm³/mol. The van der Waals surface area contributed by atoms with E-state index in [1.807, 2.05) is 0 Å². The molecular formula is C26H34N2O2. The van der Waals surface area contributed by atoms with Gasteiger partial charge in [-0.05, 0) is 100 Å². The van der Waals surface area contributed by atoms with Gasteiger partial charge in [0.15, 0.2) is 11.5 Å². The molecule has 3 aliphatic rings. The van der Waals surface area contributed by atoms with Crippen molar-refractivity contribution in [2.45, 2.75) is 57.4 Å². The molecule has 5 rings (SSSR count). The number of rotatable bonds is 5. The second-order valence-electron chi connectivity index (χ2n) is 9.35. The summed E-state index contributed by atoms with van der Waals surface area (Å²) in [7, 11) is 0. The van der Waals surface area contributed by atoms with Gasteiger partial charge in [0.25, 0.3) is 0 Å². The zero-order valence-electron chi connectivity index (χ0n) is 18.3. The summed E-state index contributed by atoms with van der Waals surface area (Å²) in [6.45, 7) is 9.77. The average molecular weight is 407 g/mol. The monoisotopic (exact) mass is 406 g/mol. The summed E-state index contributed by atoms with van der Waals surface area (Å²) in [5, 5.41) is 0. The molecule has 3 aliphatic heterocycles. The summed E-state index contributed by atoms with van der Waals surface area (Å²) < 4.78 is 11.0. The van der Waals surface area contributed by atoms with Crippen LogP contribution in [0.2, 0.25) is 0 Å². The van der Waals surface area contributed by atoms with Crippen molar-refractivity contribution in [3.05, 3.63) is 53.6 Å². The Balaban J connectivity index is 1.16. The number of ether oxygens (including phenoxy) is 2. The van der Waals surface area contributed by atoms with Crippen LogP contribution in [0.1, 0.15) is 62.5 Å². The fraction of sp³-hybridized carbons (Fsp3) is 0.538. The van der Waals surface area contributed by atoms with Crippen LogP contribution in [0.25, 0.3) is 0 Å². The van der Waals surface area contributed by atoms with E-state index in [4.69, 9.17) is 9.47 Å². The highest BCUT2D eigenvalue weighted by molar-refractivity contribution is 5.57. The van der Waals surface area contributed by atoms with Crippen molar-refractivity contribution in [3.8, 4) is 11.5 Å². The van der Waals surface area contributed by atoms with Crippen LogP contribution in [0.15, 0.2) is 42.5 Å². The van der Waals surface area contributed by atoms with Crippen LogP contribution in [0, 0.1) is 0 Å². The third-order valence-electron chi connectivity index (χ3n) is 7.28. The molecule has 2 aromatic rings. The standard InChI is InChI=1S/C26H34N2O2/c1-19(2)28-16-12-21(23-5-3-4-6-24(23)28)11-15-27-13-9-20(10-14-27)22-7-8-25-26(17-22)30-18-29-25/h3-8,17,19-21H,9-16,18H2,1-2H3. The number of para-hydroxylation sites is 1. The zero-order chi connectivity index (χ0) is 20.5. The summed E-state index contributed by atoms with van der Waals surface area (Å²) >= 11 is 0. The molecule has 1 unspecified atom stereocenters. The van der Waals surface area contributed by atoms with Crippen LogP contribution >= 0.6 is 0 Å². The van der Waals surface area contributed by atoms with Crippen molar-refractivity contribution in [2.24, 2.45) is 0 Å². The SMILES string of the molecule is CC(C)N1CCC(CCN2CCC(c3ccc4c(c3)OCO4)CC2)c2ccccc21. The molecule has 3 heterocycles. The van der Waals surface area contributed by atoms with Crippen LogP contribution in [-0.4, -0.2) is 43.9 Å². The molecule has 4 nitrogen and oxygen atoms in total. The lowest BCUT2D eigenvalue weighted by atomic mass is 9.86. The molecule has 160 valence electrons. The number of piperidine rings is 1. The van der Waals surface area contributed by atoms with Gasteiger partial charge in [0.2, 0.25) is 6.79 Å². The molecule has 0 amide bonds. The minimum Gasteiger partial charge on any atom is -0.454 e. The Morgan fingerprint density at radius 2 is 1.73 bits per heavy atom. The molecule has 4 heteroatoms. The number of hydrogen-bond acceptors (Lipinski definition) is 4. The van der Waals surface area contributed by atoms with Gasteiger partial charge in [-0.3, -0.25) is 0 Å². The van der Waals surface area contributed by atoms with Crippen molar-refractivity contribution in [1.82, 2.24) is 4.90 Å². The first-order valence-corrected chi connectivity index (χ1v) is 11.7. The highest BCUT2D eigenvalue weighted by Crippen LogP contribution is 2.39. The Kier molecular flexibility index (Phi) is 5.60. The fourth-order valence-corrected chi connectivity index (χ4v) is 5.50. The van der Waals surface area contributed by atoms with Gasteiger partial charge < -0.3 is 19.3 Å². The topological polar surface area (TPSA) is 24.9 Å². The smallest absolute Gasteiger partial charge is 0.231 e. The summed E-state index contributed by atoms with van der Waals surface area (Å²) in [5.41, 5.74) is 4.44. The Morgan fingerprint density at radius 1 is 0.933 bits per heavy atom. The Morgan fingerprint density at radius 3 is 2.57 bits per heavy atom. The summed E-state index contributed by atoms with van der Waals surface area (Å²) in [6.07, 6.45) is 5.03. The largest absolute Gasteiger partial charge is 0.454 e. The lowest BCUT2D eigenvalue weighted by molar-refractivity contribution is 0.174. The predicted octanol–water partition coefficient (Wildman–Crippen LogP) is 5.39. The van der Waals surface area contributed by atoms with Gasteiger partial charge in [-0.15, -0.1) is 0 Å². The summed E-state index contributed by atoms with van der Waals surface area (Å²) in [4.78, 5) is 5.25. The van der Waals surface area contributed by atoms with E-state index in [9.17, 15) is 0 Å². The molecule has 0 aliphatic carbocycles. The Hall–Kier alpha value is -2.20. The second kappa shape index (κ2) is 8.50. The lowest BCUT2D eigenvalue weighted by Gasteiger charge is -2.39. The van der Waals surface area contributed by atoms with Gasteiger partial charge in [-0.1, -0.05) is 24.3 Å². The Labute approximate surface area is 180 Å². The van der Waals surface area contributed by atoms with Gasteiger partial charge in [0, 0.05) is 18.3 Å². The minimum atomic E-state index is 0.358. The average Bonchev–Trinajstić information content (AvgIpc) is 3.25. The number of nitrogens with zero attached hydrogens (tertiary/aromatic N) is 2. The molecule has 1 saturated heterocycles. The van der Waals surface area contributed by atoms with E-state index >= 15 is 0 Å². The van der Waals surface area contributed by atoms with Crippen LogP contribution in [0.4, 0.5) is 5.69 Å². The molecule has 2 aromatic carbocycles. The van der Waals surface area contributed by atoms with Crippen LogP contribution in [0.3, 0.4) is 0 Å². The first kappa shape index (κ1) is 19.7. The zero-order valence-corrected chi connectivity index (χ0v) is 18.3. The molecule has 0 bridgehead atoms. The maximum absolute atomic E-state index is 5.57. The maximum Gasteiger partial charge on any atom is 0.231 e. The number of benzene rings is 2. The first-order chi connectivity index (χ1) is 14.7. The third kappa shape index (κ3) is 3.90. The number of hydrogen-bond donors (Lipinski definition) is 0. The summed E-state index contributed by atoms with van der Waals surface area (Å²) in [6, 6.07) is 16.2. The van der Waals surface area contributed by atoms with E-state index in [1.54, 1.807) is 5.56 Å². The van der Waals surface area contributed by atoms with Crippen molar-refractivity contribution < 1.29 is 9.47 Å². The van der Waals surface area contributed by atoms with Crippen molar-refractivity contribution in [3.63, 3.8) is 0 Å². The second-order valence-corrected chi connectivity index (χ2v) is 9.35. The minimum absolute atomic E-state index is 0.358. The van der Waals surface area contributed by atoms with E-state index in [-0.39, 0.29) is 0 Å². The highest BCUT2D eigenvalue weighted by Gasteiger charge is 2.28. The van der Waals surface area contributed by atoms with Gasteiger partial charge in [-0.25, -0.2) is 0 Å². The third-order valence-corrected chi connectivity index (χ3v) is 7.28. The van der Waals surface area contributed by atoms with Crippen molar-refractivity contribution >= 4 is 5.69 Å². The normalized spacial score (nSPS) is 21.8. The lowest BCUT2D eigenvalue weighted by Crippen LogP contribution is -2.38. The molecule has 30 heavy (non-hydrogen) atoms. The van der Waals surface area contributed by atoms with Gasteiger partial charge >= 0.3 is 0 Å². The van der Waals surface area contributed by atoms with E-state index in [0.717, 1.165) is 11.5 Å². The maximum atomic E-state index is 5.57. The van der Waals surface area contributed by atoms with E-state index in [0.29, 0.717) is 24.7 Å². The molecule has 1 fully saturated rings. The number of anilines is 1. The molecule has 0 N–H and O–H groups in total. The van der Waals surface area contributed by atoms with Crippen molar-refractivity contribution in [2.75, 3.05) is 37.9 Å². The van der Waals surface area contributed by atoms with Gasteiger partial charge in [-0.2, -0.15) is 0 Å².